The quantitative estimate of drug-likeness (QED) is 0.543. The van der Waals surface area contributed by atoms with Gasteiger partial charge in [0.25, 0.3) is 0 Å². The molecule has 1 aliphatic rings. The Balaban J connectivity index is 2.51. The van der Waals surface area contributed by atoms with Gasteiger partial charge in [-0.1, -0.05) is 17.3 Å². The zero-order valence-electron chi connectivity index (χ0n) is 8.40. The Morgan fingerprint density at radius 3 is 2.53 bits per heavy atom. The predicted octanol–water partition coefficient (Wildman–Crippen LogP) is 1.90. The van der Waals surface area contributed by atoms with Crippen molar-refractivity contribution in [2.75, 3.05) is 0 Å². The second-order valence-corrected chi connectivity index (χ2v) is 3.60. The lowest BCUT2D eigenvalue weighted by molar-refractivity contribution is -0.333. The number of hydrogen-bond acceptors (Lipinski definition) is 4. The number of oxime groups is 1. The van der Waals surface area contributed by atoms with Crippen LogP contribution < -0.4 is 4.74 Å². The number of hydrogen-bond donors (Lipinski definition) is 2. The third-order valence-corrected chi connectivity index (χ3v) is 2.45. The number of para-hydroxylation sites is 1. The van der Waals surface area contributed by atoms with E-state index in [-0.39, 0.29) is 17.0 Å². The van der Waals surface area contributed by atoms with Crippen molar-refractivity contribution in [3.63, 3.8) is 0 Å². The summed E-state index contributed by atoms with van der Waals surface area (Å²) < 4.78 is 42.4. The average Bonchev–Trinajstić information content (AvgIpc) is 2.26. The SMILES string of the molecule is O/N=C1\C[C@](O)(C(F)(F)F)Oc2ccccc21. The molecule has 7 heteroatoms. The van der Waals surface area contributed by atoms with Gasteiger partial charge in [0.05, 0.1) is 12.1 Å². The zero-order valence-corrected chi connectivity index (χ0v) is 8.40. The first-order chi connectivity index (χ1) is 7.87. The Kier molecular flexibility index (Phi) is 2.50. The van der Waals surface area contributed by atoms with Crippen LogP contribution in [0.25, 0.3) is 0 Å². The molecule has 2 N–H and O–H groups in total. The number of benzene rings is 1. The van der Waals surface area contributed by atoms with E-state index in [0.717, 1.165) is 0 Å². The van der Waals surface area contributed by atoms with Crippen molar-refractivity contribution in [3.8, 4) is 5.75 Å². The van der Waals surface area contributed by atoms with Crippen molar-refractivity contribution in [1.82, 2.24) is 0 Å². The minimum atomic E-state index is -4.98. The Labute approximate surface area is 93.9 Å². The van der Waals surface area contributed by atoms with E-state index in [1.54, 1.807) is 6.07 Å². The summed E-state index contributed by atoms with van der Waals surface area (Å²) in [6, 6.07) is 5.72. The number of rotatable bonds is 0. The number of alkyl halides is 3. The highest BCUT2D eigenvalue weighted by Crippen LogP contribution is 2.41. The largest absolute Gasteiger partial charge is 0.455 e. The highest BCUT2D eigenvalue weighted by atomic mass is 19.4. The molecule has 1 atom stereocenters. The van der Waals surface area contributed by atoms with E-state index in [9.17, 15) is 18.3 Å². The second-order valence-electron chi connectivity index (χ2n) is 3.60. The lowest BCUT2D eigenvalue weighted by Gasteiger charge is -2.35. The summed E-state index contributed by atoms with van der Waals surface area (Å²) in [4.78, 5) is 0. The molecular formula is C10H8F3NO3. The Morgan fingerprint density at radius 1 is 1.29 bits per heavy atom. The lowest BCUT2D eigenvalue weighted by atomic mass is 9.97. The summed E-state index contributed by atoms with van der Waals surface area (Å²) in [6.45, 7) is 0. The molecule has 1 heterocycles. The third-order valence-electron chi connectivity index (χ3n) is 2.45. The van der Waals surface area contributed by atoms with E-state index in [4.69, 9.17) is 5.21 Å². The van der Waals surface area contributed by atoms with E-state index in [2.05, 4.69) is 9.89 Å². The van der Waals surface area contributed by atoms with Crippen LogP contribution in [0.4, 0.5) is 13.2 Å². The van der Waals surface area contributed by atoms with Crippen LogP contribution in [0.3, 0.4) is 0 Å². The van der Waals surface area contributed by atoms with Gasteiger partial charge in [-0.2, -0.15) is 13.2 Å². The van der Waals surface area contributed by atoms with E-state index >= 15 is 0 Å². The number of ether oxygens (including phenoxy) is 1. The van der Waals surface area contributed by atoms with Crippen molar-refractivity contribution >= 4 is 5.71 Å². The Hall–Kier alpha value is -1.76. The molecule has 4 nitrogen and oxygen atoms in total. The topological polar surface area (TPSA) is 62.1 Å². The number of fused-ring (bicyclic) bond motifs is 1. The first kappa shape index (κ1) is 11.7. The normalized spacial score (nSPS) is 26.5. The second kappa shape index (κ2) is 3.63. The van der Waals surface area contributed by atoms with E-state index < -0.39 is 18.4 Å². The third kappa shape index (κ3) is 1.82. The molecule has 0 aromatic heterocycles. The fourth-order valence-electron chi connectivity index (χ4n) is 1.58. The van der Waals surface area contributed by atoms with Crippen molar-refractivity contribution < 1.29 is 28.2 Å². The molecule has 1 aromatic rings. The summed E-state index contributed by atoms with van der Waals surface area (Å²) in [5.74, 6) is -3.53. The standard InChI is InChI=1S/C10H8F3NO3/c11-10(12,13)9(15)5-7(14-16)6-3-1-2-4-8(6)17-9/h1-4,15-16H,5H2/b14-7+/t9-/m1/s1. The minimum absolute atomic E-state index is 0.175. The van der Waals surface area contributed by atoms with Crippen LogP contribution in [0.15, 0.2) is 29.4 Å². The van der Waals surface area contributed by atoms with Gasteiger partial charge in [-0.25, -0.2) is 0 Å². The molecule has 2 rings (SSSR count). The Bertz CT molecular complexity index is 472. The molecule has 0 saturated carbocycles. The first-order valence-corrected chi connectivity index (χ1v) is 4.66. The van der Waals surface area contributed by atoms with E-state index in [0.29, 0.717) is 0 Å². The fraction of sp³-hybridized carbons (Fsp3) is 0.300. The molecule has 1 aliphatic heterocycles. The van der Waals surface area contributed by atoms with Crippen LogP contribution in [0.1, 0.15) is 12.0 Å². The van der Waals surface area contributed by atoms with Crippen molar-refractivity contribution in [2.24, 2.45) is 5.16 Å². The highest BCUT2D eigenvalue weighted by Gasteiger charge is 2.59. The van der Waals surface area contributed by atoms with Crippen LogP contribution >= 0.6 is 0 Å². The molecule has 0 aliphatic carbocycles. The van der Waals surface area contributed by atoms with Gasteiger partial charge in [0.2, 0.25) is 0 Å². The summed E-state index contributed by atoms with van der Waals surface area (Å²) in [7, 11) is 0. The van der Waals surface area contributed by atoms with Crippen LogP contribution in [0.2, 0.25) is 0 Å². The van der Waals surface area contributed by atoms with Crippen LogP contribution in [0, 0.1) is 0 Å². The van der Waals surface area contributed by atoms with Crippen LogP contribution in [-0.4, -0.2) is 28.0 Å². The van der Waals surface area contributed by atoms with Gasteiger partial charge in [0, 0.05) is 5.56 Å². The lowest BCUT2D eigenvalue weighted by Crippen LogP contribution is -2.53. The van der Waals surface area contributed by atoms with Gasteiger partial charge in [-0.3, -0.25) is 0 Å². The number of nitrogens with zero attached hydrogens (tertiary/aromatic N) is 1. The maximum Gasteiger partial charge on any atom is 0.455 e. The van der Waals surface area contributed by atoms with Gasteiger partial charge >= 0.3 is 12.0 Å². The predicted molar refractivity (Wildman–Crippen MR) is 51.0 cm³/mol. The van der Waals surface area contributed by atoms with E-state index in [1.165, 1.54) is 18.2 Å². The molecule has 0 bridgehead atoms. The molecule has 0 amide bonds. The fourth-order valence-corrected chi connectivity index (χ4v) is 1.58. The van der Waals surface area contributed by atoms with Gasteiger partial charge in [-0.05, 0) is 12.1 Å². The molecule has 0 unspecified atom stereocenters. The maximum absolute atomic E-state index is 12.6. The number of aliphatic hydroxyl groups is 1. The van der Waals surface area contributed by atoms with Crippen molar-refractivity contribution in [3.05, 3.63) is 29.8 Å². The molecule has 0 fully saturated rings. The van der Waals surface area contributed by atoms with Gasteiger partial charge < -0.3 is 15.1 Å². The Morgan fingerprint density at radius 2 is 1.94 bits per heavy atom. The summed E-state index contributed by atoms with van der Waals surface area (Å²) >= 11 is 0. The molecule has 0 spiro atoms. The first-order valence-electron chi connectivity index (χ1n) is 4.66. The van der Waals surface area contributed by atoms with Crippen LogP contribution in [-0.2, 0) is 0 Å². The van der Waals surface area contributed by atoms with E-state index in [1.807, 2.05) is 0 Å². The number of halogens is 3. The maximum atomic E-state index is 12.6. The van der Waals surface area contributed by atoms with Gasteiger partial charge in [0.15, 0.2) is 0 Å². The zero-order chi connectivity index (χ0) is 12.7. The molecule has 92 valence electrons. The summed E-state index contributed by atoms with van der Waals surface area (Å²) in [5.41, 5.74) is -0.0457. The van der Waals surface area contributed by atoms with Gasteiger partial charge in [0.1, 0.15) is 5.75 Å². The minimum Gasteiger partial charge on any atom is -0.452 e. The van der Waals surface area contributed by atoms with Crippen LogP contribution in [0.5, 0.6) is 5.75 Å². The molecule has 1 aromatic carbocycles. The van der Waals surface area contributed by atoms with Gasteiger partial charge in [-0.15, -0.1) is 0 Å². The molecule has 17 heavy (non-hydrogen) atoms. The molecule has 0 radical (unpaired) electrons. The van der Waals surface area contributed by atoms with Crippen molar-refractivity contribution in [2.45, 2.75) is 18.4 Å². The molecular weight excluding hydrogens is 239 g/mol. The highest BCUT2D eigenvalue weighted by molar-refractivity contribution is 6.03. The monoisotopic (exact) mass is 247 g/mol. The summed E-state index contributed by atoms with van der Waals surface area (Å²) in [5, 5.41) is 20.9. The summed E-state index contributed by atoms with van der Waals surface area (Å²) in [6.07, 6.45) is -5.93. The smallest absolute Gasteiger partial charge is 0.452 e. The molecule has 0 saturated heterocycles. The van der Waals surface area contributed by atoms with Crippen molar-refractivity contribution in [1.29, 1.82) is 0 Å². The average molecular weight is 247 g/mol.